The van der Waals surface area contributed by atoms with Gasteiger partial charge in [0.15, 0.2) is 0 Å². The number of fused-ring (bicyclic) bond motifs is 1. The number of ether oxygens (including phenoxy) is 2. The van der Waals surface area contributed by atoms with E-state index < -0.39 is 5.91 Å². The Kier molecular flexibility index (Phi) is 6.13. The van der Waals surface area contributed by atoms with Crippen LogP contribution in [0.4, 0.5) is 0 Å². The predicted octanol–water partition coefficient (Wildman–Crippen LogP) is 2.30. The third kappa shape index (κ3) is 4.55. The number of nitrogens with one attached hydrogen (secondary N) is 1. The van der Waals surface area contributed by atoms with Gasteiger partial charge in [0.2, 0.25) is 5.91 Å². The largest absolute Gasteiger partial charge is 0.497 e. The van der Waals surface area contributed by atoms with Crippen LogP contribution in [0.15, 0.2) is 53.8 Å². The van der Waals surface area contributed by atoms with Crippen molar-refractivity contribution in [3.63, 3.8) is 0 Å². The number of amides is 2. The van der Waals surface area contributed by atoms with Crippen LogP contribution in [0.2, 0.25) is 0 Å². The van der Waals surface area contributed by atoms with Crippen molar-refractivity contribution in [1.29, 1.82) is 0 Å². The van der Waals surface area contributed by atoms with E-state index in [4.69, 9.17) is 15.2 Å². The summed E-state index contributed by atoms with van der Waals surface area (Å²) in [7, 11) is 3.02. The number of hydrogen-bond acceptors (Lipinski definition) is 5. The molecule has 2 amide bonds. The number of hydrazone groups is 1. The van der Waals surface area contributed by atoms with Crippen LogP contribution in [0.25, 0.3) is 10.9 Å². The first-order valence-electron chi connectivity index (χ1n) is 8.95. The molecular weight excluding hydrogens is 372 g/mol. The maximum atomic E-state index is 12.5. The number of primary amides is 1. The Morgan fingerprint density at radius 1 is 1.17 bits per heavy atom. The molecule has 0 unspecified atom stereocenters. The minimum atomic E-state index is -0.404. The summed E-state index contributed by atoms with van der Waals surface area (Å²) in [5.41, 5.74) is 9.88. The summed E-state index contributed by atoms with van der Waals surface area (Å²) in [5, 5.41) is 5.03. The molecule has 2 aromatic carbocycles. The molecule has 0 saturated carbocycles. The maximum absolute atomic E-state index is 12.5. The zero-order valence-electron chi connectivity index (χ0n) is 16.2. The van der Waals surface area contributed by atoms with Crippen molar-refractivity contribution in [2.24, 2.45) is 10.8 Å². The second kappa shape index (κ2) is 8.92. The Morgan fingerprint density at radius 3 is 2.69 bits per heavy atom. The fourth-order valence-electron chi connectivity index (χ4n) is 3.00. The van der Waals surface area contributed by atoms with Gasteiger partial charge in [-0.15, -0.1) is 0 Å². The fourth-order valence-corrected chi connectivity index (χ4v) is 3.00. The Labute approximate surface area is 167 Å². The van der Waals surface area contributed by atoms with E-state index in [0.717, 1.165) is 16.5 Å². The highest BCUT2D eigenvalue weighted by Crippen LogP contribution is 2.24. The average molecular weight is 394 g/mol. The predicted molar refractivity (Wildman–Crippen MR) is 110 cm³/mol. The van der Waals surface area contributed by atoms with Crippen molar-refractivity contribution in [2.75, 3.05) is 14.2 Å². The van der Waals surface area contributed by atoms with Gasteiger partial charge in [0.1, 0.15) is 11.5 Å². The van der Waals surface area contributed by atoms with Gasteiger partial charge in [-0.2, -0.15) is 5.10 Å². The molecule has 1 heterocycles. The Balaban J connectivity index is 1.79. The monoisotopic (exact) mass is 394 g/mol. The van der Waals surface area contributed by atoms with Crippen LogP contribution in [0.3, 0.4) is 0 Å². The van der Waals surface area contributed by atoms with Crippen LogP contribution in [0.5, 0.6) is 11.5 Å². The number of hydrogen-bond donors (Lipinski definition) is 2. The van der Waals surface area contributed by atoms with Crippen LogP contribution in [-0.4, -0.2) is 36.8 Å². The van der Waals surface area contributed by atoms with Gasteiger partial charge in [-0.1, -0.05) is 18.2 Å². The molecule has 3 aromatic rings. The molecule has 3 rings (SSSR count). The summed E-state index contributed by atoms with van der Waals surface area (Å²) < 4.78 is 12.3. The number of rotatable bonds is 8. The molecule has 0 spiro atoms. The Hall–Kier alpha value is -3.81. The van der Waals surface area contributed by atoms with Crippen LogP contribution in [0.1, 0.15) is 22.3 Å². The first-order chi connectivity index (χ1) is 14.0. The molecule has 8 heteroatoms. The molecule has 0 atom stereocenters. The summed E-state index contributed by atoms with van der Waals surface area (Å²) in [6, 6.07) is 12.7. The highest BCUT2D eigenvalue weighted by molar-refractivity contribution is 6.01. The van der Waals surface area contributed by atoms with Crippen molar-refractivity contribution in [3.8, 4) is 11.5 Å². The van der Waals surface area contributed by atoms with Crippen LogP contribution >= 0.6 is 0 Å². The molecule has 0 saturated heterocycles. The smallest absolute Gasteiger partial charge is 0.275 e. The minimum Gasteiger partial charge on any atom is -0.497 e. The summed E-state index contributed by atoms with van der Waals surface area (Å²) in [6.07, 6.45) is 3.68. The highest BCUT2D eigenvalue weighted by Gasteiger charge is 2.13. The summed E-state index contributed by atoms with van der Waals surface area (Å²) in [6.45, 7) is 0.471. The van der Waals surface area contributed by atoms with Crippen molar-refractivity contribution in [3.05, 3.63) is 59.8 Å². The zero-order chi connectivity index (χ0) is 20.8. The van der Waals surface area contributed by atoms with Gasteiger partial charge in [-0.25, -0.2) is 5.43 Å². The molecule has 0 aliphatic heterocycles. The molecule has 3 N–H and O–H groups in total. The first kappa shape index (κ1) is 19.9. The Bertz CT molecular complexity index is 1070. The van der Waals surface area contributed by atoms with Crippen molar-refractivity contribution in [2.45, 2.75) is 13.0 Å². The third-order valence-corrected chi connectivity index (χ3v) is 4.44. The molecule has 29 heavy (non-hydrogen) atoms. The number of benzene rings is 2. The van der Waals surface area contributed by atoms with Crippen molar-refractivity contribution < 1.29 is 19.1 Å². The number of carbonyl (C=O) groups excluding carboxylic acids is 2. The lowest BCUT2D eigenvalue weighted by atomic mass is 10.2. The van der Waals surface area contributed by atoms with Gasteiger partial charge in [0.25, 0.3) is 5.91 Å². The molecule has 0 radical (unpaired) electrons. The van der Waals surface area contributed by atoms with Crippen LogP contribution < -0.4 is 20.6 Å². The van der Waals surface area contributed by atoms with E-state index >= 15 is 0 Å². The van der Waals surface area contributed by atoms with E-state index in [2.05, 4.69) is 10.5 Å². The molecule has 8 nitrogen and oxygen atoms in total. The van der Waals surface area contributed by atoms with Gasteiger partial charge in [0.05, 0.1) is 26.0 Å². The van der Waals surface area contributed by atoms with E-state index in [9.17, 15) is 9.59 Å². The maximum Gasteiger partial charge on any atom is 0.275 e. The van der Waals surface area contributed by atoms with Gasteiger partial charge in [-0.05, 0) is 18.2 Å². The Morgan fingerprint density at radius 2 is 1.97 bits per heavy atom. The molecule has 0 aliphatic rings. The lowest BCUT2D eigenvalue weighted by Crippen LogP contribution is -2.18. The second-order valence-electron chi connectivity index (χ2n) is 6.28. The molecule has 0 fully saturated rings. The van der Waals surface area contributed by atoms with E-state index in [-0.39, 0.29) is 12.3 Å². The van der Waals surface area contributed by atoms with Gasteiger partial charge in [-0.3, -0.25) is 9.59 Å². The fraction of sp³-hybridized carbons (Fsp3) is 0.190. The van der Waals surface area contributed by atoms with E-state index in [0.29, 0.717) is 23.6 Å². The molecule has 150 valence electrons. The number of carbonyl (C=O) groups is 2. The number of nitrogens with zero attached hydrogens (tertiary/aromatic N) is 2. The SMILES string of the molecule is COc1ccc(C(=O)N/N=C\c2cn(CCC(N)=O)c3ccccc23)c(OC)c1. The first-order valence-corrected chi connectivity index (χ1v) is 8.95. The lowest BCUT2D eigenvalue weighted by molar-refractivity contribution is -0.118. The number of aromatic nitrogens is 1. The number of methoxy groups -OCH3 is 2. The number of nitrogens with two attached hydrogens (primary N) is 1. The van der Waals surface area contributed by atoms with Crippen molar-refractivity contribution in [1.82, 2.24) is 9.99 Å². The highest BCUT2D eigenvalue weighted by atomic mass is 16.5. The molecule has 0 bridgehead atoms. The second-order valence-corrected chi connectivity index (χ2v) is 6.28. The lowest BCUT2D eigenvalue weighted by Gasteiger charge is -2.08. The summed E-state index contributed by atoms with van der Waals surface area (Å²) in [5.74, 6) is 0.211. The normalized spacial score (nSPS) is 11.0. The van der Waals surface area contributed by atoms with Crippen LogP contribution in [-0.2, 0) is 11.3 Å². The van der Waals surface area contributed by atoms with Crippen molar-refractivity contribution >= 4 is 28.9 Å². The van der Waals surface area contributed by atoms with E-state index in [1.165, 1.54) is 7.11 Å². The van der Waals surface area contributed by atoms with E-state index in [1.807, 2.05) is 35.0 Å². The topological polar surface area (TPSA) is 108 Å². The van der Waals surface area contributed by atoms with E-state index in [1.54, 1.807) is 31.5 Å². The summed E-state index contributed by atoms with van der Waals surface area (Å²) in [4.78, 5) is 23.6. The van der Waals surface area contributed by atoms with Gasteiger partial charge >= 0.3 is 0 Å². The summed E-state index contributed by atoms with van der Waals surface area (Å²) >= 11 is 0. The third-order valence-electron chi connectivity index (χ3n) is 4.44. The standard InChI is InChI=1S/C21H22N4O4/c1-28-15-7-8-17(19(11-15)29-2)21(27)24-23-12-14-13-25(10-9-20(22)26)18-6-4-3-5-16(14)18/h3-8,11-13H,9-10H2,1-2H3,(H2,22,26)(H,24,27)/b23-12-. The average Bonchev–Trinajstić information content (AvgIpc) is 3.09. The van der Waals surface area contributed by atoms with Crippen LogP contribution in [0, 0.1) is 0 Å². The number of aryl methyl sites for hydroxylation is 1. The molecule has 0 aliphatic carbocycles. The zero-order valence-corrected chi connectivity index (χ0v) is 16.2. The molecular formula is C21H22N4O4. The number of para-hydroxylation sites is 1. The van der Waals surface area contributed by atoms with Gasteiger partial charge in [0, 0.05) is 41.7 Å². The molecule has 1 aromatic heterocycles. The quantitative estimate of drug-likeness (QED) is 0.451. The van der Waals surface area contributed by atoms with Gasteiger partial charge < -0.3 is 19.8 Å². The minimum absolute atomic E-state index is 0.239.